The summed E-state index contributed by atoms with van der Waals surface area (Å²) in [7, 11) is 1.65. The second-order valence-corrected chi connectivity index (χ2v) is 8.28. The topological polar surface area (TPSA) is 83.5 Å². The molecule has 2 heterocycles. The van der Waals surface area contributed by atoms with Crippen molar-refractivity contribution in [3.05, 3.63) is 59.1 Å². The van der Waals surface area contributed by atoms with E-state index in [9.17, 15) is 9.59 Å². The lowest BCUT2D eigenvalue weighted by Crippen LogP contribution is -2.57. The second kappa shape index (κ2) is 10.1. The maximum atomic E-state index is 13.0. The number of carbonyl (C=O) groups excluding carboxylic acids is 2. The zero-order valence-electron chi connectivity index (χ0n) is 18.7. The quantitative estimate of drug-likeness (QED) is 0.534. The first-order valence-electron chi connectivity index (χ1n) is 10.9. The number of guanidine groups is 1. The van der Waals surface area contributed by atoms with E-state index in [0.717, 1.165) is 24.5 Å². The van der Waals surface area contributed by atoms with Crippen molar-refractivity contribution in [2.45, 2.75) is 13.0 Å². The number of esters is 1. The van der Waals surface area contributed by atoms with Gasteiger partial charge in [-0.25, -0.2) is 4.99 Å². The number of nitrogens with zero attached hydrogens (tertiary/aromatic N) is 3. The lowest BCUT2D eigenvalue weighted by atomic mass is 9.91. The number of benzene rings is 2. The molecule has 2 atom stereocenters. The Morgan fingerprint density at radius 3 is 2.45 bits per heavy atom. The number of amides is 1. The Morgan fingerprint density at radius 1 is 1.12 bits per heavy atom. The number of anilines is 1. The van der Waals surface area contributed by atoms with Crippen molar-refractivity contribution in [2.24, 2.45) is 10.9 Å². The molecule has 2 aromatic rings. The maximum absolute atomic E-state index is 13.0. The summed E-state index contributed by atoms with van der Waals surface area (Å²) in [4.78, 5) is 34.7. The summed E-state index contributed by atoms with van der Waals surface area (Å²) in [6.07, 6.45) is 0. The van der Waals surface area contributed by atoms with E-state index in [1.54, 1.807) is 32.2 Å². The lowest BCUT2D eigenvalue weighted by molar-refractivity contribution is -0.153. The van der Waals surface area contributed by atoms with Gasteiger partial charge < -0.3 is 19.3 Å². The molecule has 33 heavy (non-hydrogen) atoms. The Morgan fingerprint density at radius 2 is 1.82 bits per heavy atom. The Bertz CT molecular complexity index is 1040. The smallest absolute Gasteiger partial charge is 0.321 e. The molecule has 1 amide bonds. The van der Waals surface area contributed by atoms with E-state index in [4.69, 9.17) is 26.1 Å². The largest absolute Gasteiger partial charge is 0.497 e. The molecule has 0 saturated carbocycles. The fraction of sp³-hybridized carbons (Fsp3) is 0.375. The number of halogens is 1. The lowest BCUT2D eigenvalue weighted by Gasteiger charge is -2.39. The van der Waals surface area contributed by atoms with Crippen LogP contribution in [0.25, 0.3) is 0 Å². The standard InChI is InChI=1S/C24H27ClN4O4/c1-3-33-23(31)20-21(16-5-4-6-17(25)15-16)26-24(27-22(20)30)29-13-11-28(12-14-29)18-7-9-19(32-2)10-8-18/h4-10,15,20-21H,3,11-14H2,1-2H3,(H,26,27,30)/t20-,21-/m0/s1. The van der Waals surface area contributed by atoms with Crippen molar-refractivity contribution in [3.63, 3.8) is 0 Å². The highest BCUT2D eigenvalue weighted by atomic mass is 35.5. The van der Waals surface area contributed by atoms with Crippen molar-refractivity contribution >= 4 is 35.1 Å². The van der Waals surface area contributed by atoms with Crippen molar-refractivity contribution in [1.82, 2.24) is 10.2 Å². The summed E-state index contributed by atoms with van der Waals surface area (Å²) >= 11 is 6.18. The Kier molecular flexibility index (Phi) is 7.03. The average Bonchev–Trinajstić information content (AvgIpc) is 2.84. The Labute approximate surface area is 198 Å². The molecule has 4 rings (SSSR count). The van der Waals surface area contributed by atoms with Gasteiger partial charge in [-0.15, -0.1) is 0 Å². The summed E-state index contributed by atoms with van der Waals surface area (Å²) in [5, 5.41) is 3.35. The predicted molar refractivity (Wildman–Crippen MR) is 127 cm³/mol. The van der Waals surface area contributed by atoms with Gasteiger partial charge >= 0.3 is 5.97 Å². The van der Waals surface area contributed by atoms with Gasteiger partial charge in [-0.3, -0.25) is 14.9 Å². The van der Waals surface area contributed by atoms with Crippen LogP contribution in [0.2, 0.25) is 5.02 Å². The number of hydrogen-bond acceptors (Lipinski definition) is 7. The van der Waals surface area contributed by atoms with E-state index < -0.39 is 23.8 Å². The number of piperazine rings is 1. The number of carbonyl (C=O) groups is 2. The van der Waals surface area contributed by atoms with Gasteiger partial charge in [0, 0.05) is 36.9 Å². The van der Waals surface area contributed by atoms with Crippen LogP contribution in [0, 0.1) is 5.92 Å². The average molecular weight is 471 g/mol. The minimum Gasteiger partial charge on any atom is -0.497 e. The van der Waals surface area contributed by atoms with Gasteiger partial charge in [0.1, 0.15) is 11.8 Å². The zero-order valence-corrected chi connectivity index (χ0v) is 19.4. The molecule has 0 aliphatic carbocycles. The first kappa shape index (κ1) is 22.9. The normalized spacial score (nSPS) is 20.7. The van der Waals surface area contributed by atoms with E-state index in [1.807, 2.05) is 35.2 Å². The van der Waals surface area contributed by atoms with Crippen molar-refractivity contribution in [1.29, 1.82) is 0 Å². The van der Waals surface area contributed by atoms with E-state index in [2.05, 4.69) is 10.2 Å². The van der Waals surface area contributed by atoms with Crippen LogP contribution in [-0.2, 0) is 14.3 Å². The summed E-state index contributed by atoms with van der Waals surface area (Å²) in [6, 6.07) is 14.3. The third-order valence-electron chi connectivity index (χ3n) is 5.84. The monoisotopic (exact) mass is 470 g/mol. The highest BCUT2D eigenvalue weighted by Crippen LogP contribution is 2.32. The maximum Gasteiger partial charge on any atom is 0.321 e. The van der Waals surface area contributed by atoms with E-state index >= 15 is 0 Å². The van der Waals surface area contributed by atoms with Gasteiger partial charge in [-0.1, -0.05) is 23.7 Å². The Balaban J connectivity index is 1.54. The predicted octanol–water partition coefficient (Wildman–Crippen LogP) is 2.88. The molecule has 1 fully saturated rings. The fourth-order valence-electron chi connectivity index (χ4n) is 4.13. The van der Waals surface area contributed by atoms with Crippen molar-refractivity contribution in [3.8, 4) is 5.75 Å². The molecule has 0 bridgehead atoms. The summed E-state index contributed by atoms with van der Waals surface area (Å²) in [6.45, 7) is 4.79. The summed E-state index contributed by atoms with van der Waals surface area (Å²) < 4.78 is 10.4. The number of rotatable bonds is 5. The molecular weight excluding hydrogens is 444 g/mol. The molecule has 0 radical (unpaired) electrons. The zero-order chi connectivity index (χ0) is 23.4. The first-order valence-corrected chi connectivity index (χ1v) is 11.3. The molecule has 2 aromatic carbocycles. The Hall–Kier alpha value is -3.26. The minimum absolute atomic E-state index is 0.189. The fourth-order valence-corrected chi connectivity index (χ4v) is 4.32. The number of nitrogens with one attached hydrogen (secondary N) is 1. The molecule has 174 valence electrons. The SMILES string of the molecule is CCOC(=O)[C@@H]1C(=O)NC(N2CCN(c3ccc(OC)cc3)CC2)=N[C@H]1c1cccc(Cl)c1. The highest BCUT2D eigenvalue weighted by molar-refractivity contribution is 6.30. The van der Waals surface area contributed by atoms with Gasteiger partial charge in [0.25, 0.3) is 0 Å². The van der Waals surface area contributed by atoms with Gasteiger partial charge in [-0.2, -0.15) is 0 Å². The number of aliphatic imine (C=N–C) groups is 1. The van der Waals surface area contributed by atoms with Crippen LogP contribution in [0.4, 0.5) is 5.69 Å². The van der Waals surface area contributed by atoms with Gasteiger partial charge in [0.15, 0.2) is 5.92 Å². The molecular formula is C24H27ClN4O4. The van der Waals surface area contributed by atoms with Crippen LogP contribution in [0.5, 0.6) is 5.75 Å². The van der Waals surface area contributed by atoms with Crippen LogP contribution in [0.1, 0.15) is 18.5 Å². The molecule has 1 N–H and O–H groups in total. The third-order valence-corrected chi connectivity index (χ3v) is 6.08. The van der Waals surface area contributed by atoms with Crippen LogP contribution in [-0.4, -0.2) is 62.6 Å². The van der Waals surface area contributed by atoms with Crippen molar-refractivity contribution < 1.29 is 19.1 Å². The van der Waals surface area contributed by atoms with E-state index in [-0.39, 0.29) is 6.61 Å². The van der Waals surface area contributed by atoms with Gasteiger partial charge in [-0.05, 0) is 48.9 Å². The number of hydrogen-bond donors (Lipinski definition) is 1. The minimum atomic E-state index is -1.06. The third kappa shape index (κ3) is 5.06. The molecule has 9 heteroatoms. The van der Waals surface area contributed by atoms with Gasteiger partial charge in [0.05, 0.1) is 13.7 Å². The van der Waals surface area contributed by atoms with E-state index in [0.29, 0.717) is 29.6 Å². The van der Waals surface area contributed by atoms with Gasteiger partial charge in [0.2, 0.25) is 11.9 Å². The summed E-state index contributed by atoms with van der Waals surface area (Å²) in [5.74, 6) is -0.777. The molecule has 0 spiro atoms. The van der Waals surface area contributed by atoms with Crippen LogP contribution < -0.4 is 15.0 Å². The van der Waals surface area contributed by atoms with Crippen LogP contribution in [0.3, 0.4) is 0 Å². The molecule has 2 aliphatic rings. The molecule has 2 aliphatic heterocycles. The molecule has 0 aromatic heterocycles. The summed E-state index contributed by atoms with van der Waals surface area (Å²) in [5.41, 5.74) is 1.81. The number of ether oxygens (including phenoxy) is 2. The first-order chi connectivity index (χ1) is 16.0. The van der Waals surface area contributed by atoms with E-state index in [1.165, 1.54) is 0 Å². The molecule has 1 saturated heterocycles. The number of methoxy groups -OCH3 is 1. The van der Waals surface area contributed by atoms with Crippen LogP contribution >= 0.6 is 11.6 Å². The molecule has 0 unspecified atom stereocenters. The highest BCUT2D eigenvalue weighted by Gasteiger charge is 2.42. The van der Waals surface area contributed by atoms with Crippen LogP contribution in [0.15, 0.2) is 53.5 Å². The van der Waals surface area contributed by atoms with Crippen molar-refractivity contribution in [2.75, 3.05) is 44.8 Å². The second-order valence-electron chi connectivity index (χ2n) is 7.84. The molecule has 8 nitrogen and oxygen atoms in total.